The number of methoxy groups -OCH3 is 1. The summed E-state index contributed by atoms with van der Waals surface area (Å²) < 4.78 is 5.15. The van der Waals surface area contributed by atoms with Crippen LogP contribution >= 0.6 is 11.8 Å². The van der Waals surface area contributed by atoms with Gasteiger partial charge in [-0.3, -0.25) is 9.59 Å². The Morgan fingerprint density at radius 1 is 1.18 bits per heavy atom. The zero-order valence-corrected chi connectivity index (χ0v) is 16.7. The number of nitrogens with one attached hydrogen (secondary N) is 2. The third kappa shape index (κ3) is 4.80. The number of hydrogen-bond acceptors (Lipinski definition) is 5. The standard InChI is InChI=1S/C21H21N3O3S/c1-13-5-4-6-17(14(13)2)22-20(26)12-28-21-23-18(11-19(25)24-21)15-7-9-16(27-3)10-8-15/h4-11H,12H2,1-3H3,(H,22,26)(H,23,24,25). The van der Waals surface area contributed by atoms with Crippen LogP contribution in [-0.2, 0) is 4.79 Å². The molecule has 7 heteroatoms. The van der Waals surface area contributed by atoms with Crippen molar-refractivity contribution < 1.29 is 9.53 Å². The van der Waals surface area contributed by atoms with Gasteiger partial charge in [0.25, 0.3) is 5.56 Å². The summed E-state index contributed by atoms with van der Waals surface area (Å²) in [4.78, 5) is 31.4. The summed E-state index contributed by atoms with van der Waals surface area (Å²) >= 11 is 1.19. The van der Waals surface area contributed by atoms with Gasteiger partial charge in [-0.25, -0.2) is 4.98 Å². The van der Waals surface area contributed by atoms with Crippen LogP contribution < -0.4 is 15.6 Å². The summed E-state index contributed by atoms with van der Waals surface area (Å²) in [6.07, 6.45) is 0. The predicted octanol–water partition coefficient (Wildman–Crippen LogP) is 3.79. The van der Waals surface area contributed by atoms with Crippen LogP contribution in [0.5, 0.6) is 5.75 Å². The molecule has 1 amide bonds. The molecule has 0 aliphatic heterocycles. The van der Waals surface area contributed by atoms with Crippen molar-refractivity contribution in [2.45, 2.75) is 19.0 Å². The van der Waals surface area contributed by atoms with E-state index < -0.39 is 0 Å². The molecule has 0 spiro atoms. The maximum Gasteiger partial charge on any atom is 0.252 e. The molecule has 0 saturated carbocycles. The number of H-pyrrole nitrogens is 1. The number of rotatable bonds is 6. The third-order valence-electron chi connectivity index (χ3n) is 4.32. The van der Waals surface area contributed by atoms with E-state index in [1.165, 1.54) is 17.8 Å². The highest BCUT2D eigenvalue weighted by Crippen LogP contribution is 2.22. The maximum absolute atomic E-state index is 12.3. The Bertz CT molecular complexity index is 1050. The van der Waals surface area contributed by atoms with Crippen LogP contribution in [0.25, 0.3) is 11.3 Å². The summed E-state index contributed by atoms with van der Waals surface area (Å²) in [7, 11) is 1.60. The summed E-state index contributed by atoms with van der Waals surface area (Å²) in [5.74, 6) is 0.713. The van der Waals surface area contributed by atoms with E-state index in [0.717, 1.165) is 28.1 Å². The second kappa shape index (κ2) is 8.75. The minimum absolute atomic E-state index is 0.141. The normalized spacial score (nSPS) is 10.5. The molecular weight excluding hydrogens is 374 g/mol. The number of anilines is 1. The van der Waals surface area contributed by atoms with Gasteiger partial charge in [-0.15, -0.1) is 0 Å². The van der Waals surface area contributed by atoms with Gasteiger partial charge in [0.2, 0.25) is 5.91 Å². The lowest BCUT2D eigenvalue weighted by Crippen LogP contribution is -2.16. The van der Waals surface area contributed by atoms with E-state index in [2.05, 4.69) is 15.3 Å². The lowest BCUT2D eigenvalue weighted by Gasteiger charge is -2.10. The van der Waals surface area contributed by atoms with E-state index >= 15 is 0 Å². The molecule has 0 aliphatic carbocycles. The first-order valence-corrected chi connectivity index (χ1v) is 9.69. The maximum atomic E-state index is 12.3. The number of aryl methyl sites for hydroxylation is 1. The van der Waals surface area contributed by atoms with Crippen molar-refractivity contribution in [3.05, 3.63) is 70.0 Å². The number of thioether (sulfide) groups is 1. The summed E-state index contributed by atoms with van der Waals surface area (Å²) in [6, 6.07) is 14.5. The van der Waals surface area contributed by atoms with Crippen molar-refractivity contribution in [2.24, 2.45) is 0 Å². The van der Waals surface area contributed by atoms with Gasteiger partial charge in [0.1, 0.15) is 5.75 Å². The van der Waals surface area contributed by atoms with Gasteiger partial charge in [0.15, 0.2) is 5.16 Å². The van der Waals surface area contributed by atoms with E-state index in [4.69, 9.17) is 4.74 Å². The third-order valence-corrected chi connectivity index (χ3v) is 5.20. The fourth-order valence-electron chi connectivity index (χ4n) is 2.62. The second-order valence-electron chi connectivity index (χ2n) is 6.25. The van der Waals surface area contributed by atoms with Crippen LogP contribution in [0, 0.1) is 13.8 Å². The molecule has 1 heterocycles. The molecule has 2 N–H and O–H groups in total. The highest BCUT2D eigenvalue weighted by atomic mass is 32.2. The Balaban J connectivity index is 1.70. The number of benzene rings is 2. The Labute approximate surface area is 167 Å². The first kappa shape index (κ1) is 19.7. The number of aromatic nitrogens is 2. The number of carbonyl (C=O) groups is 1. The molecule has 3 rings (SSSR count). The van der Waals surface area contributed by atoms with Gasteiger partial charge in [0.05, 0.1) is 18.6 Å². The summed E-state index contributed by atoms with van der Waals surface area (Å²) in [6.45, 7) is 3.97. The number of amides is 1. The largest absolute Gasteiger partial charge is 0.497 e. The van der Waals surface area contributed by atoms with Gasteiger partial charge < -0.3 is 15.0 Å². The van der Waals surface area contributed by atoms with Crippen LogP contribution in [0.1, 0.15) is 11.1 Å². The van der Waals surface area contributed by atoms with Gasteiger partial charge in [-0.1, -0.05) is 23.9 Å². The molecule has 144 valence electrons. The Hall–Kier alpha value is -3.06. The molecule has 0 unspecified atom stereocenters. The quantitative estimate of drug-likeness (QED) is 0.490. The first-order chi connectivity index (χ1) is 13.5. The van der Waals surface area contributed by atoms with Crippen molar-refractivity contribution >= 4 is 23.4 Å². The highest BCUT2D eigenvalue weighted by molar-refractivity contribution is 7.99. The number of carbonyl (C=O) groups excluding carboxylic acids is 1. The number of aromatic amines is 1. The average molecular weight is 395 g/mol. The Kier molecular flexibility index (Phi) is 6.16. The molecule has 6 nitrogen and oxygen atoms in total. The molecular formula is C21H21N3O3S. The minimum Gasteiger partial charge on any atom is -0.497 e. The zero-order chi connectivity index (χ0) is 20.1. The molecule has 0 radical (unpaired) electrons. The topological polar surface area (TPSA) is 84.1 Å². The molecule has 2 aromatic carbocycles. The summed E-state index contributed by atoms with van der Waals surface area (Å²) in [5.41, 5.74) is 4.02. The number of hydrogen-bond donors (Lipinski definition) is 2. The van der Waals surface area contributed by atoms with Gasteiger partial charge in [0, 0.05) is 17.3 Å². The molecule has 0 atom stereocenters. The van der Waals surface area contributed by atoms with Crippen molar-refractivity contribution in [1.82, 2.24) is 9.97 Å². The second-order valence-corrected chi connectivity index (χ2v) is 7.21. The zero-order valence-electron chi connectivity index (χ0n) is 15.9. The van der Waals surface area contributed by atoms with Gasteiger partial charge >= 0.3 is 0 Å². The van der Waals surface area contributed by atoms with Crippen molar-refractivity contribution in [1.29, 1.82) is 0 Å². The monoisotopic (exact) mass is 395 g/mol. The molecule has 0 saturated heterocycles. The van der Waals surface area contributed by atoms with Crippen LogP contribution in [0.3, 0.4) is 0 Å². The first-order valence-electron chi connectivity index (χ1n) is 8.71. The van der Waals surface area contributed by atoms with Crippen molar-refractivity contribution in [3.63, 3.8) is 0 Å². The van der Waals surface area contributed by atoms with Crippen LogP contribution in [0.4, 0.5) is 5.69 Å². The summed E-state index contributed by atoms with van der Waals surface area (Å²) in [5, 5.41) is 3.30. The van der Waals surface area contributed by atoms with Crippen LogP contribution in [0.15, 0.2) is 58.5 Å². The number of ether oxygens (including phenoxy) is 1. The molecule has 1 aromatic heterocycles. The Morgan fingerprint density at radius 3 is 2.64 bits per heavy atom. The number of nitrogens with zero attached hydrogens (tertiary/aromatic N) is 1. The smallest absolute Gasteiger partial charge is 0.252 e. The van der Waals surface area contributed by atoms with Gasteiger partial charge in [-0.05, 0) is 55.3 Å². The lowest BCUT2D eigenvalue weighted by molar-refractivity contribution is -0.113. The fraction of sp³-hybridized carbons (Fsp3) is 0.190. The van der Waals surface area contributed by atoms with Gasteiger partial charge in [-0.2, -0.15) is 0 Å². The molecule has 0 bridgehead atoms. The minimum atomic E-state index is -0.266. The van der Waals surface area contributed by atoms with Crippen molar-refractivity contribution in [2.75, 3.05) is 18.2 Å². The van der Waals surface area contributed by atoms with Crippen LogP contribution in [0.2, 0.25) is 0 Å². The van der Waals surface area contributed by atoms with E-state index in [-0.39, 0.29) is 17.2 Å². The average Bonchev–Trinajstić information content (AvgIpc) is 2.69. The van der Waals surface area contributed by atoms with E-state index in [9.17, 15) is 9.59 Å². The Morgan fingerprint density at radius 2 is 1.93 bits per heavy atom. The van der Waals surface area contributed by atoms with E-state index in [1.54, 1.807) is 7.11 Å². The van der Waals surface area contributed by atoms with Crippen molar-refractivity contribution in [3.8, 4) is 17.0 Å². The van der Waals surface area contributed by atoms with E-state index in [1.807, 2.05) is 56.3 Å². The molecule has 3 aromatic rings. The molecule has 0 fully saturated rings. The fourth-order valence-corrected chi connectivity index (χ4v) is 3.30. The SMILES string of the molecule is COc1ccc(-c2cc(=O)[nH]c(SCC(=O)Nc3cccc(C)c3C)n2)cc1. The highest BCUT2D eigenvalue weighted by Gasteiger charge is 2.10. The lowest BCUT2D eigenvalue weighted by atomic mass is 10.1. The molecule has 0 aliphatic rings. The predicted molar refractivity (Wildman–Crippen MR) is 112 cm³/mol. The van der Waals surface area contributed by atoms with E-state index in [0.29, 0.717) is 10.9 Å². The van der Waals surface area contributed by atoms with Crippen LogP contribution in [-0.4, -0.2) is 28.7 Å². The molecule has 28 heavy (non-hydrogen) atoms.